The van der Waals surface area contributed by atoms with Crippen LogP contribution in [0.4, 0.5) is 8.78 Å². The molecular formula is C13H23F2NO. The van der Waals surface area contributed by atoms with Crippen molar-refractivity contribution in [1.82, 2.24) is 4.90 Å². The Hall–Kier alpha value is -0.510. The Morgan fingerprint density at radius 1 is 1.35 bits per heavy atom. The van der Waals surface area contributed by atoms with Crippen LogP contribution in [0, 0.1) is 11.3 Å². The lowest BCUT2D eigenvalue weighted by Gasteiger charge is -2.48. The highest BCUT2D eigenvalue weighted by molar-refractivity contribution is 5.85. The van der Waals surface area contributed by atoms with E-state index >= 15 is 0 Å². The molecule has 1 fully saturated rings. The van der Waals surface area contributed by atoms with Crippen LogP contribution in [0.5, 0.6) is 0 Å². The molecule has 0 amide bonds. The van der Waals surface area contributed by atoms with Gasteiger partial charge in [0.1, 0.15) is 0 Å². The lowest BCUT2D eigenvalue weighted by Crippen LogP contribution is -2.55. The number of likely N-dealkylation sites (tertiary alicyclic amines) is 1. The van der Waals surface area contributed by atoms with Gasteiger partial charge in [-0.1, -0.05) is 13.8 Å². The average Bonchev–Trinajstić information content (AvgIpc) is 2.14. The smallest absolute Gasteiger partial charge is 0.296 e. The van der Waals surface area contributed by atoms with Gasteiger partial charge in [0.15, 0.2) is 0 Å². The first kappa shape index (κ1) is 14.6. The lowest BCUT2D eigenvalue weighted by molar-refractivity contribution is -0.142. The summed E-state index contributed by atoms with van der Waals surface area (Å²) < 4.78 is 25.2. The van der Waals surface area contributed by atoms with Crippen molar-refractivity contribution in [3.8, 4) is 0 Å². The number of ketones is 1. The second-order valence-corrected chi connectivity index (χ2v) is 6.61. The summed E-state index contributed by atoms with van der Waals surface area (Å²) in [4.78, 5) is 13.7. The Morgan fingerprint density at radius 2 is 1.88 bits per heavy atom. The molecule has 0 saturated carbocycles. The van der Waals surface area contributed by atoms with Gasteiger partial charge in [-0.15, -0.1) is 0 Å². The maximum atomic E-state index is 12.6. The third-order valence-corrected chi connectivity index (χ3v) is 3.88. The highest BCUT2D eigenvalue weighted by atomic mass is 19.3. The predicted molar refractivity (Wildman–Crippen MR) is 64.2 cm³/mol. The van der Waals surface area contributed by atoms with Crippen LogP contribution in [-0.4, -0.2) is 35.7 Å². The topological polar surface area (TPSA) is 20.3 Å². The van der Waals surface area contributed by atoms with Gasteiger partial charge in [-0.25, -0.2) is 8.78 Å². The summed E-state index contributed by atoms with van der Waals surface area (Å²) >= 11 is 0. The van der Waals surface area contributed by atoms with E-state index in [2.05, 4.69) is 25.7 Å². The molecule has 0 spiro atoms. The van der Waals surface area contributed by atoms with Gasteiger partial charge < -0.3 is 0 Å². The van der Waals surface area contributed by atoms with Crippen molar-refractivity contribution in [2.24, 2.45) is 11.3 Å². The number of hydrogen-bond donors (Lipinski definition) is 0. The third-order valence-electron chi connectivity index (χ3n) is 3.88. The number of nitrogens with zero attached hydrogens (tertiary/aromatic N) is 1. The fourth-order valence-corrected chi connectivity index (χ4v) is 2.39. The second-order valence-electron chi connectivity index (χ2n) is 6.61. The number of halogens is 2. The second kappa shape index (κ2) is 4.63. The van der Waals surface area contributed by atoms with Crippen LogP contribution < -0.4 is 0 Å². The molecule has 1 unspecified atom stereocenters. The van der Waals surface area contributed by atoms with E-state index in [0.717, 1.165) is 13.0 Å². The van der Waals surface area contributed by atoms with Crippen LogP contribution in [-0.2, 0) is 4.79 Å². The highest BCUT2D eigenvalue weighted by Crippen LogP contribution is 2.39. The molecule has 17 heavy (non-hydrogen) atoms. The number of hydrogen-bond acceptors (Lipinski definition) is 2. The quantitative estimate of drug-likeness (QED) is 0.747. The van der Waals surface area contributed by atoms with Crippen LogP contribution in [0.25, 0.3) is 0 Å². The molecule has 0 radical (unpaired) electrons. The number of Topliss-reactive ketones (excluding diaryl/α,β-unsaturated/α-hetero) is 1. The Kier molecular flexibility index (Phi) is 3.97. The number of carbonyl (C=O) groups is 1. The normalized spacial score (nSPS) is 26.2. The third kappa shape index (κ3) is 3.24. The first-order valence-corrected chi connectivity index (χ1v) is 6.12. The molecule has 0 aromatic carbocycles. The number of alkyl halides is 2. The van der Waals surface area contributed by atoms with Crippen LogP contribution in [0.15, 0.2) is 0 Å². The standard InChI is InChI=1S/C13H23F2NO/c1-12(2,3)16-7-6-13(4,5)9(8-16)10(17)11(14)15/h9,11H,6-8H2,1-5H3. The van der Waals surface area contributed by atoms with Crippen LogP contribution in [0.2, 0.25) is 0 Å². The molecule has 0 aromatic rings. The van der Waals surface area contributed by atoms with Crippen molar-refractivity contribution in [3.05, 3.63) is 0 Å². The zero-order chi connectivity index (χ0) is 13.4. The minimum Gasteiger partial charge on any atom is -0.298 e. The van der Waals surface area contributed by atoms with Gasteiger partial charge in [0, 0.05) is 18.0 Å². The molecule has 0 bridgehead atoms. The SMILES string of the molecule is CC1(C)CCN(C(C)(C)C)CC1C(=O)C(F)F. The van der Waals surface area contributed by atoms with E-state index < -0.39 is 18.1 Å². The minimum atomic E-state index is -2.85. The summed E-state index contributed by atoms with van der Waals surface area (Å²) in [6.45, 7) is 11.3. The highest BCUT2D eigenvalue weighted by Gasteiger charge is 2.44. The Morgan fingerprint density at radius 3 is 2.29 bits per heavy atom. The summed E-state index contributed by atoms with van der Waals surface area (Å²) in [5.41, 5.74) is -0.396. The molecule has 100 valence electrons. The molecule has 1 heterocycles. The Balaban J connectivity index is 2.87. The van der Waals surface area contributed by atoms with E-state index in [1.54, 1.807) is 0 Å². The van der Waals surface area contributed by atoms with Gasteiger partial charge in [0.2, 0.25) is 5.78 Å². The first-order valence-electron chi connectivity index (χ1n) is 6.12. The van der Waals surface area contributed by atoms with Crippen molar-refractivity contribution in [2.75, 3.05) is 13.1 Å². The fraction of sp³-hybridized carbons (Fsp3) is 0.923. The number of piperidine rings is 1. The van der Waals surface area contributed by atoms with Crippen LogP contribution in [0.3, 0.4) is 0 Å². The van der Waals surface area contributed by atoms with E-state index in [-0.39, 0.29) is 11.0 Å². The van der Waals surface area contributed by atoms with Crippen molar-refractivity contribution in [3.63, 3.8) is 0 Å². The largest absolute Gasteiger partial charge is 0.298 e. The maximum absolute atomic E-state index is 12.6. The molecule has 4 heteroatoms. The lowest BCUT2D eigenvalue weighted by atomic mass is 9.70. The summed E-state index contributed by atoms with van der Waals surface area (Å²) in [5, 5.41) is 0. The van der Waals surface area contributed by atoms with E-state index in [1.165, 1.54) is 0 Å². The van der Waals surface area contributed by atoms with Crippen molar-refractivity contribution < 1.29 is 13.6 Å². The van der Waals surface area contributed by atoms with Crippen molar-refractivity contribution >= 4 is 5.78 Å². The van der Waals surface area contributed by atoms with Crippen molar-refractivity contribution in [1.29, 1.82) is 0 Å². The van der Waals surface area contributed by atoms with Gasteiger partial charge in [-0.05, 0) is 39.2 Å². The zero-order valence-corrected chi connectivity index (χ0v) is 11.4. The first-order chi connectivity index (χ1) is 7.55. The van der Waals surface area contributed by atoms with Gasteiger partial charge in [0.05, 0.1) is 0 Å². The maximum Gasteiger partial charge on any atom is 0.296 e. The van der Waals surface area contributed by atoms with Crippen LogP contribution in [0.1, 0.15) is 41.0 Å². The van der Waals surface area contributed by atoms with E-state index in [1.807, 2.05) is 13.8 Å². The monoisotopic (exact) mass is 247 g/mol. The van der Waals surface area contributed by atoms with E-state index in [4.69, 9.17) is 0 Å². The van der Waals surface area contributed by atoms with Crippen molar-refractivity contribution in [2.45, 2.75) is 53.0 Å². The Bertz CT molecular complexity index is 294. The molecule has 2 nitrogen and oxygen atoms in total. The minimum absolute atomic E-state index is 0.0723. The molecule has 1 aliphatic rings. The Labute approximate surface area is 102 Å². The molecule has 1 rings (SSSR count). The molecule has 0 aromatic heterocycles. The molecule has 1 aliphatic heterocycles. The van der Waals surface area contributed by atoms with Gasteiger partial charge in [-0.3, -0.25) is 9.69 Å². The summed E-state index contributed by atoms with van der Waals surface area (Å²) in [7, 11) is 0. The number of rotatable bonds is 2. The summed E-state index contributed by atoms with van der Waals surface area (Å²) in [6.07, 6.45) is -2.06. The number of carbonyl (C=O) groups excluding carboxylic acids is 1. The molecular weight excluding hydrogens is 224 g/mol. The summed E-state index contributed by atoms with van der Waals surface area (Å²) in [6, 6.07) is 0. The fourth-order valence-electron chi connectivity index (χ4n) is 2.39. The molecule has 0 aliphatic carbocycles. The van der Waals surface area contributed by atoms with Crippen LogP contribution >= 0.6 is 0 Å². The van der Waals surface area contributed by atoms with Gasteiger partial charge in [-0.2, -0.15) is 0 Å². The van der Waals surface area contributed by atoms with Gasteiger partial charge >= 0.3 is 0 Å². The summed E-state index contributed by atoms with van der Waals surface area (Å²) in [5.74, 6) is -1.46. The van der Waals surface area contributed by atoms with E-state index in [9.17, 15) is 13.6 Å². The molecule has 1 atom stereocenters. The predicted octanol–water partition coefficient (Wildman–Crippen LogP) is 2.97. The van der Waals surface area contributed by atoms with E-state index in [0.29, 0.717) is 6.54 Å². The molecule has 0 N–H and O–H groups in total. The molecule has 1 saturated heterocycles. The van der Waals surface area contributed by atoms with Gasteiger partial charge in [0.25, 0.3) is 6.43 Å². The zero-order valence-electron chi connectivity index (χ0n) is 11.4. The average molecular weight is 247 g/mol.